The maximum atomic E-state index is 14.4. The summed E-state index contributed by atoms with van der Waals surface area (Å²) in [5.41, 5.74) is 7.54. The number of hydrogen-bond acceptors (Lipinski definition) is 14. The van der Waals surface area contributed by atoms with E-state index in [9.17, 15) is 28.8 Å². The van der Waals surface area contributed by atoms with Gasteiger partial charge in [-0.15, -0.1) is 0 Å². The predicted octanol–water partition coefficient (Wildman–Crippen LogP) is 11.2. The molecule has 6 aromatic carbocycles. The summed E-state index contributed by atoms with van der Waals surface area (Å²) in [7, 11) is 6.28. The van der Waals surface area contributed by atoms with Crippen molar-refractivity contribution in [2.24, 2.45) is 5.92 Å². The maximum absolute atomic E-state index is 14.4. The molecule has 6 amide bonds. The van der Waals surface area contributed by atoms with Crippen molar-refractivity contribution < 1.29 is 47.7 Å². The van der Waals surface area contributed by atoms with Gasteiger partial charge in [-0.05, 0) is 123 Å². The van der Waals surface area contributed by atoms with Gasteiger partial charge in [-0.3, -0.25) is 48.4 Å². The Balaban J connectivity index is 0.000000200. The van der Waals surface area contributed by atoms with Gasteiger partial charge in [-0.25, -0.2) is 0 Å². The van der Waals surface area contributed by atoms with Crippen molar-refractivity contribution in [2.45, 2.75) is 103 Å². The highest BCUT2D eigenvalue weighted by molar-refractivity contribution is 6.25. The van der Waals surface area contributed by atoms with Crippen LogP contribution in [0.2, 0.25) is 0 Å². The molecule has 4 heterocycles. The number of anilines is 2. The monoisotopic (exact) mass is 1240 g/mol. The summed E-state index contributed by atoms with van der Waals surface area (Å²) >= 11 is 0. The molecule has 0 aromatic heterocycles. The second kappa shape index (κ2) is 30.4. The largest absolute Gasteiger partial charge is 0.493 e. The van der Waals surface area contributed by atoms with Gasteiger partial charge in [0.05, 0.1) is 74.2 Å². The molecule has 6 aromatic rings. The number of amides is 6. The average Bonchev–Trinajstić information content (AvgIpc) is 1.62. The molecule has 91 heavy (non-hydrogen) atoms. The Hall–Kier alpha value is -8.74. The van der Waals surface area contributed by atoms with Crippen molar-refractivity contribution in [1.29, 1.82) is 0 Å². The van der Waals surface area contributed by atoms with E-state index in [2.05, 4.69) is 92.6 Å². The minimum absolute atomic E-state index is 0.0312. The van der Waals surface area contributed by atoms with E-state index in [-0.39, 0.29) is 41.4 Å². The first-order valence-electron chi connectivity index (χ1n) is 32.4. The molecule has 0 bridgehead atoms. The molecule has 1 aliphatic carbocycles. The molecule has 2 N–H and O–H groups in total. The molecule has 0 spiro atoms. The maximum Gasteiger partial charge on any atom is 0.264 e. The number of carbonyl (C=O) groups excluding carboxylic acids is 6. The van der Waals surface area contributed by atoms with Crippen LogP contribution in [-0.4, -0.2) is 149 Å². The van der Waals surface area contributed by atoms with Crippen LogP contribution in [0.4, 0.5) is 11.4 Å². The Bertz CT molecular complexity index is 3530. The van der Waals surface area contributed by atoms with Gasteiger partial charge in [0.1, 0.15) is 0 Å². The minimum atomic E-state index is -0.544. The Morgan fingerprint density at radius 3 is 1.27 bits per heavy atom. The molecular formula is C73H88N8O10. The molecule has 4 aliphatic heterocycles. The highest BCUT2D eigenvalue weighted by Gasteiger charge is 2.45. The topological polar surface area (TPSA) is 183 Å². The fourth-order valence-electron chi connectivity index (χ4n) is 13.7. The van der Waals surface area contributed by atoms with Crippen LogP contribution in [0, 0.1) is 5.92 Å². The van der Waals surface area contributed by atoms with E-state index in [1.807, 2.05) is 73.7 Å². The zero-order valence-corrected chi connectivity index (χ0v) is 53.8. The van der Waals surface area contributed by atoms with Crippen LogP contribution >= 0.6 is 0 Å². The highest BCUT2D eigenvalue weighted by Crippen LogP contribution is 2.43. The second-order valence-corrected chi connectivity index (χ2v) is 24.1. The number of nitrogens with zero attached hydrogens (tertiary/aromatic N) is 6. The van der Waals surface area contributed by atoms with E-state index in [1.165, 1.54) is 20.9 Å². The third-order valence-corrected chi connectivity index (χ3v) is 19.0. The number of benzene rings is 6. The van der Waals surface area contributed by atoms with Crippen LogP contribution in [0.25, 0.3) is 0 Å². The van der Waals surface area contributed by atoms with E-state index in [0.717, 1.165) is 101 Å². The number of fused-ring (bicyclic) bond motifs is 2. The number of rotatable bonds is 24. The van der Waals surface area contributed by atoms with Gasteiger partial charge in [-0.2, -0.15) is 0 Å². The number of hydrogen-bond donors (Lipinski definition) is 2. The van der Waals surface area contributed by atoms with Crippen LogP contribution in [-0.2, 0) is 9.59 Å². The van der Waals surface area contributed by atoms with Crippen LogP contribution in [0.15, 0.2) is 133 Å². The highest BCUT2D eigenvalue weighted by atomic mass is 16.5. The van der Waals surface area contributed by atoms with E-state index in [1.54, 1.807) is 46.6 Å². The van der Waals surface area contributed by atoms with Gasteiger partial charge in [0.25, 0.3) is 23.6 Å². The number of ether oxygens (including phenoxy) is 4. The van der Waals surface area contributed by atoms with Crippen molar-refractivity contribution >= 4 is 46.8 Å². The van der Waals surface area contributed by atoms with Gasteiger partial charge < -0.3 is 39.4 Å². The van der Waals surface area contributed by atoms with E-state index in [4.69, 9.17) is 18.9 Å². The summed E-state index contributed by atoms with van der Waals surface area (Å²) < 4.78 is 22.0. The summed E-state index contributed by atoms with van der Waals surface area (Å²) in [5.74, 6) is 1.19. The lowest BCUT2D eigenvalue weighted by Crippen LogP contribution is -2.47. The molecule has 0 unspecified atom stereocenters. The van der Waals surface area contributed by atoms with Crippen molar-refractivity contribution in [2.75, 3.05) is 104 Å². The normalized spacial score (nSPS) is 17.4. The van der Waals surface area contributed by atoms with Crippen molar-refractivity contribution in [3.05, 3.63) is 178 Å². The second-order valence-electron chi connectivity index (χ2n) is 24.1. The van der Waals surface area contributed by atoms with E-state index >= 15 is 0 Å². The summed E-state index contributed by atoms with van der Waals surface area (Å²) in [5, 5.41) is 6.00. The average molecular weight is 1240 g/mol. The number of methoxy groups -OCH3 is 4. The summed E-state index contributed by atoms with van der Waals surface area (Å²) in [4.78, 5) is 93.4. The van der Waals surface area contributed by atoms with E-state index in [0.29, 0.717) is 103 Å². The van der Waals surface area contributed by atoms with Crippen LogP contribution in [0.1, 0.15) is 166 Å². The zero-order chi connectivity index (χ0) is 64.1. The third-order valence-electron chi connectivity index (χ3n) is 19.0. The molecule has 18 heteroatoms. The Morgan fingerprint density at radius 2 is 0.879 bits per heavy atom. The lowest BCUT2D eigenvalue weighted by Gasteiger charge is -2.39. The number of carbonyl (C=O) groups is 6. The molecule has 0 radical (unpaired) electrons. The molecule has 480 valence electrons. The lowest BCUT2D eigenvalue weighted by molar-refractivity contribution is -0.124. The third kappa shape index (κ3) is 14.4. The van der Waals surface area contributed by atoms with Gasteiger partial charge in [0.15, 0.2) is 23.0 Å². The Morgan fingerprint density at radius 1 is 0.473 bits per heavy atom. The summed E-state index contributed by atoms with van der Waals surface area (Å²) in [6.07, 6.45) is 6.67. The smallest absolute Gasteiger partial charge is 0.264 e. The first-order valence-corrected chi connectivity index (χ1v) is 32.4. The molecular weight excluding hydrogens is 1150 g/mol. The number of imide groups is 2. The van der Waals surface area contributed by atoms with Crippen molar-refractivity contribution in [1.82, 2.24) is 30.2 Å². The molecule has 18 nitrogen and oxygen atoms in total. The van der Waals surface area contributed by atoms with E-state index < -0.39 is 12.1 Å². The first-order chi connectivity index (χ1) is 44.3. The fourth-order valence-corrected chi connectivity index (χ4v) is 13.7. The standard InChI is InChI=1S/C38H46N4O5.C35H42N4O5/c1-26(27-11-5-4-6-12-27)40-21-23-41(24-22-40)32-16-9-15-30-35(32)38(45)42(37(30)44)31(29-18-19-33(46-2)34(25-29)47-3)17-10-20-39-36(43)28-13-7-8-14-28;1-5-32(40)36-18-10-15-28(26-16-17-30(43-3)31(23-26)44-4)39-34(41)27-13-9-14-29(33(27)35(39)42)38-21-19-37(20-22-38)24(2)25-11-7-6-8-12-25/h4-6,9,11-12,15-16,18-19,25-26,28,31H,7-8,10,13-14,17,20-24H2,1-3H3,(H,39,43);6-9,11-14,16-17,23-24,28H,5,10,15,18-22H2,1-4H3,(H,36,40)/t26-,31-;24-,28-/m11/s1. The van der Waals surface area contributed by atoms with Gasteiger partial charge in [-0.1, -0.05) is 105 Å². The SMILES string of the molecule is CCC(=O)NCCC[C@H](c1ccc(OC)c(OC)c1)N1C(=O)c2cccc(N3CCN([C@H](C)c4ccccc4)CC3)c2C1=O.COc1ccc([C@@H](CCCNC(=O)C2CCCC2)N2C(=O)c3cccc(N4CCN([C@H](C)c5ccccc5)CC4)c3C2=O)cc1OC. The number of nitrogens with one attached hydrogen (secondary N) is 2. The predicted molar refractivity (Wildman–Crippen MR) is 352 cm³/mol. The molecule has 2 saturated heterocycles. The zero-order valence-electron chi connectivity index (χ0n) is 53.8. The van der Waals surface area contributed by atoms with Crippen LogP contribution in [0.5, 0.6) is 23.0 Å². The quantitative estimate of drug-likeness (QED) is 0.0431. The van der Waals surface area contributed by atoms with Crippen LogP contribution < -0.4 is 39.4 Å². The van der Waals surface area contributed by atoms with Gasteiger partial charge in [0.2, 0.25) is 11.8 Å². The summed E-state index contributed by atoms with van der Waals surface area (Å²) in [6, 6.07) is 42.7. The lowest BCUT2D eigenvalue weighted by atomic mass is 9.99. The summed E-state index contributed by atoms with van der Waals surface area (Å²) in [6.45, 7) is 13.6. The minimum Gasteiger partial charge on any atom is -0.493 e. The number of piperazine rings is 2. The molecule has 11 rings (SSSR count). The molecule has 5 aliphatic rings. The Kier molecular flexibility index (Phi) is 21.8. The van der Waals surface area contributed by atoms with Crippen molar-refractivity contribution in [3.8, 4) is 23.0 Å². The molecule has 3 fully saturated rings. The van der Waals surface area contributed by atoms with Crippen LogP contribution in [0.3, 0.4) is 0 Å². The Labute approximate surface area is 535 Å². The first kappa shape index (κ1) is 65.2. The van der Waals surface area contributed by atoms with Crippen molar-refractivity contribution in [3.63, 3.8) is 0 Å². The van der Waals surface area contributed by atoms with Gasteiger partial charge >= 0.3 is 0 Å². The fraction of sp³-hybridized carbons (Fsp3) is 0.425. The molecule has 4 atom stereocenters. The molecule has 1 saturated carbocycles. The van der Waals surface area contributed by atoms with Gasteiger partial charge in [0, 0.05) is 89.9 Å².